The lowest BCUT2D eigenvalue weighted by Gasteiger charge is -2.06. The summed E-state index contributed by atoms with van der Waals surface area (Å²) in [5, 5.41) is 5.51. The fourth-order valence-electron chi connectivity index (χ4n) is 1.41. The lowest BCUT2D eigenvalue weighted by Crippen LogP contribution is -2.29. The smallest absolute Gasteiger partial charge is 0.319 e. The van der Waals surface area contributed by atoms with Crippen molar-refractivity contribution in [2.75, 3.05) is 11.9 Å². The molecule has 0 aromatic carbocycles. The van der Waals surface area contributed by atoms with Gasteiger partial charge in [-0.2, -0.15) is 0 Å². The molecule has 2 aromatic rings. The van der Waals surface area contributed by atoms with E-state index in [-0.39, 0.29) is 6.03 Å². The van der Waals surface area contributed by atoms with E-state index in [4.69, 9.17) is 0 Å². The minimum Gasteiger partial charge on any atom is -0.338 e. The van der Waals surface area contributed by atoms with Gasteiger partial charge in [-0.15, -0.1) is 0 Å². The topological polar surface area (TPSA) is 58.4 Å². The number of carbonyl (C=O) groups is 1. The average molecular weight is 218 g/mol. The minimum absolute atomic E-state index is 0.179. The number of rotatable bonds is 3. The molecule has 2 heterocycles. The van der Waals surface area contributed by atoms with Crippen LogP contribution in [0.1, 0.15) is 13.3 Å². The maximum atomic E-state index is 11.4. The van der Waals surface area contributed by atoms with Crippen molar-refractivity contribution in [1.29, 1.82) is 0 Å². The average Bonchev–Trinajstić information content (AvgIpc) is 2.73. The molecule has 2 amide bonds. The zero-order valence-electron chi connectivity index (χ0n) is 9.10. The second-order valence-corrected chi connectivity index (χ2v) is 3.49. The van der Waals surface area contributed by atoms with Crippen LogP contribution in [0.2, 0.25) is 0 Å². The predicted molar refractivity (Wildman–Crippen MR) is 62.5 cm³/mol. The van der Waals surface area contributed by atoms with Crippen LogP contribution in [0.3, 0.4) is 0 Å². The van der Waals surface area contributed by atoms with E-state index in [1.807, 2.05) is 35.9 Å². The number of anilines is 1. The third kappa shape index (κ3) is 2.31. The van der Waals surface area contributed by atoms with Crippen LogP contribution in [0.25, 0.3) is 5.65 Å². The van der Waals surface area contributed by atoms with Crippen molar-refractivity contribution in [2.24, 2.45) is 0 Å². The number of pyridine rings is 1. The molecule has 0 fully saturated rings. The number of amides is 2. The van der Waals surface area contributed by atoms with Crippen molar-refractivity contribution >= 4 is 17.4 Å². The molecule has 2 aromatic heterocycles. The molecule has 0 aliphatic rings. The molecular weight excluding hydrogens is 204 g/mol. The van der Waals surface area contributed by atoms with Gasteiger partial charge in [-0.25, -0.2) is 9.78 Å². The van der Waals surface area contributed by atoms with E-state index in [0.717, 1.165) is 17.8 Å². The molecule has 0 radical (unpaired) electrons. The monoisotopic (exact) mass is 218 g/mol. The molecule has 84 valence electrons. The van der Waals surface area contributed by atoms with Gasteiger partial charge >= 0.3 is 6.03 Å². The molecule has 5 nitrogen and oxygen atoms in total. The molecule has 16 heavy (non-hydrogen) atoms. The van der Waals surface area contributed by atoms with Gasteiger partial charge in [0.25, 0.3) is 0 Å². The molecule has 0 unspecified atom stereocenters. The van der Waals surface area contributed by atoms with Crippen LogP contribution in [-0.4, -0.2) is 22.0 Å². The summed E-state index contributed by atoms with van der Waals surface area (Å²) in [5.74, 6) is 0. The number of urea groups is 1. The van der Waals surface area contributed by atoms with Crippen LogP contribution in [0.5, 0.6) is 0 Å². The highest BCUT2D eigenvalue weighted by molar-refractivity contribution is 5.89. The summed E-state index contributed by atoms with van der Waals surface area (Å²) in [5.41, 5.74) is 1.61. The summed E-state index contributed by atoms with van der Waals surface area (Å²) >= 11 is 0. The standard InChI is InChI=1S/C11H14N4O/c1-2-5-13-11(16)14-9-3-4-10-12-6-7-15(10)8-9/h3-4,6-8H,2,5H2,1H3,(H2,13,14,16). The Balaban J connectivity index is 2.06. The number of fused-ring (bicyclic) bond motifs is 1. The third-order valence-electron chi connectivity index (χ3n) is 2.18. The Morgan fingerprint density at radius 2 is 2.38 bits per heavy atom. The van der Waals surface area contributed by atoms with Gasteiger partial charge in [0.1, 0.15) is 5.65 Å². The summed E-state index contributed by atoms with van der Waals surface area (Å²) in [6, 6.07) is 3.50. The third-order valence-corrected chi connectivity index (χ3v) is 2.18. The molecule has 2 N–H and O–H groups in total. The number of nitrogens with one attached hydrogen (secondary N) is 2. The van der Waals surface area contributed by atoms with Gasteiger partial charge in [0.2, 0.25) is 0 Å². The molecule has 5 heteroatoms. The molecule has 0 bridgehead atoms. The Bertz CT molecular complexity index is 491. The highest BCUT2D eigenvalue weighted by Gasteiger charge is 2.01. The van der Waals surface area contributed by atoms with Crippen molar-refractivity contribution < 1.29 is 4.79 Å². The summed E-state index contributed by atoms with van der Waals surface area (Å²) in [4.78, 5) is 15.5. The van der Waals surface area contributed by atoms with Gasteiger partial charge in [-0.3, -0.25) is 0 Å². The molecule has 0 saturated carbocycles. The first-order valence-corrected chi connectivity index (χ1v) is 5.27. The van der Waals surface area contributed by atoms with E-state index in [9.17, 15) is 4.79 Å². The van der Waals surface area contributed by atoms with Gasteiger partial charge < -0.3 is 15.0 Å². The van der Waals surface area contributed by atoms with Crippen LogP contribution in [0.4, 0.5) is 10.5 Å². The van der Waals surface area contributed by atoms with E-state index in [2.05, 4.69) is 15.6 Å². The lowest BCUT2D eigenvalue weighted by atomic mass is 10.4. The summed E-state index contributed by atoms with van der Waals surface area (Å²) in [6.45, 7) is 2.69. The number of hydrogen-bond donors (Lipinski definition) is 2. The largest absolute Gasteiger partial charge is 0.338 e. The number of nitrogens with zero attached hydrogens (tertiary/aromatic N) is 2. The summed E-state index contributed by atoms with van der Waals surface area (Å²) < 4.78 is 1.86. The van der Waals surface area contributed by atoms with Crippen molar-refractivity contribution in [3.8, 4) is 0 Å². The minimum atomic E-state index is -0.179. The SMILES string of the molecule is CCCNC(=O)Nc1ccc2nccn2c1. The molecule has 0 spiro atoms. The van der Waals surface area contributed by atoms with E-state index in [1.54, 1.807) is 6.20 Å². The molecule has 2 rings (SSSR count). The molecule has 0 aliphatic heterocycles. The van der Waals surface area contributed by atoms with Crippen LogP contribution >= 0.6 is 0 Å². The molecule has 0 aliphatic carbocycles. The molecule has 0 saturated heterocycles. The van der Waals surface area contributed by atoms with Crippen LogP contribution in [0.15, 0.2) is 30.7 Å². The summed E-state index contributed by atoms with van der Waals surface area (Å²) in [7, 11) is 0. The molecule has 0 atom stereocenters. The van der Waals surface area contributed by atoms with Gasteiger partial charge in [0.15, 0.2) is 0 Å². The zero-order valence-corrected chi connectivity index (χ0v) is 9.10. The highest BCUT2D eigenvalue weighted by atomic mass is 16.2. The number of aromatic nitrogens is 2. The Morgan fingerprint density at radius 3 is 3.19 bits per heavy atom. The first-order valence-electron chi connectivity index (χ1n) is 5.27. The highest BCUT2D eigenvalue weighted by Crippen LogP contribution is 2.09. The van der Waals surface area contributed by atoms with E-state index in [0.29, 0.717) is 6.54 Å². The zero-order chi connectivity index (χ0) is 11.4. The lowest BCUT2D eigenvalue weighted by molar-refractivity contribution is 0.252. The fourth-order valence-corrected chi connectivity index (χ4v) is 1.41. The van der Waals surface area contributed by atoms with Crippen molar-refractivity contribution in [3.05, 3.63) is 30.7 Å². The van der Waals surface area contributed by atoms with Crippen molar-refractivity contribution in [1.82, 2.24) is 14.7 Å². The van der Waals surface area contributed by atoms with Crippen LogP contribution in [0, 0.1) is 0 Å². The van der Waals surface area contributed by atoms with Gasteiger partial charge in [0.05, 0.1) is 5.69 Å². The van der Waals surface area contributed by atoms with Gasteiger partial charge in [-0.05, 0) is 18.6 Å². The second-order valence-electron chi connectivity index (χ2n) is 3.49. The maximum absolute atomic E-state index is 11.4. The number of imidazole rings is 1. The Morgan fingerprint density at radius 1 is 1.50 bits per heavy atom. The van der Waals surface area contributed by atoms with Crippen LogP contribution < -0.4 is 10.6 Å². The maximum Gasteiger partial charge on any atom is 0.319 e. The quantitative estimate of drug-likeness (QED) is 0.826. The Labute approximate surface area is 93.5 Å². The fraction of sp³-hybridized carbons (Fsp3) is 0.273. The number of hydrogen-bond acceptors (Lipinski definition) is 2. The van der Waals surface area contributed by atoms with Crippen molar-refractivity contribution in [3.63, 3.8) is 0 Å². The van der Waals surface area contributed by atoms with E-state index >= 15 is 0 Å². The number of carbonyl (C=O) groups excluding carboxylic acids is 1. The predicted octanol–water partition coefficient (Wildman–Crippen LogP) is 1.87. The molecular formula is C11H14N4O. The second kappa shape index (κ2) is 4.65. The van der Waals surface area contributed by atoms with Crippen LogP contribution in [-0.2, 0) is 0 Å². The Hall–Kier alpha value is -2.04. The van der Waals surface area contributed by atoms with Gasteiger partial charge in [-0.1, -0.05) is 6.92 Å². The first kappa shape index (κ1) is 10.5. The van der Waals surface area contributed by atoms with E-state index in [1.165, 1.54) is 0 Å². The normalized spacial score (nSPS) is 10.3. The van der Waals surface area contributed by atoms with Crippen molar-refractivity contribution in [2.45, 2.75) is 13.3 Å². The Kier molecular flexibility index (Phi) is 3.05. The first-order chi connectivity index (χ1) is 7.79. The van der Waals surface area contributed by atoms with Gasteiger partial charge in [0, 0.05) is 25.1 Å². The summed E-state index contributed by atoms with van der Waals surface area (Å²) in [6.07, 6.45) is 6.31. The van der Waals surface area contributed by atoms with E-state index < -0.39 is 0 Å².